The number of carbonyl (C=O) groups is 1. The van der Waals surface area contributed by atoms with Crippen LogP contribution in [0.1, 0.15) is 47.9 Å². The van der Waals surface area contributed by atoms with Gasteiger partial charge < -0.3 is 9.84 Å². The molecule has 0 saturated heterocycles. The number of amides is 1. The lowest BCUT2D eigenvalue weighted by molar-refractivity contribution is 0.0923. The minimum Gasteiger partial charge on any atom is -0.361 e. The molecule has 96 valence electrons. The average Bonchev–Trinajstić information content (AvgIpc) is 2.98. The Balaban J connectivity index is 2.07. The molecule has 0 radical (unpaired) electrons. The molecular weight excluding hydrogens is 236 g/mol. The highest BCUT2D eigenvalue weighted by Gasteiger charge is 2.20. The lowest BCUT2D eigenvalue weighted by Gasteiger charge is -2.12. The van der Waals surface area contributed by atoms with Crippen LogP contribution in [0.2, 0.25) is 0 Å². The Morgan fingerprint density at radius 2 is 2.44 bits per heavy atom. The number of nitrogens with zero attached hydrogens (tertiary/aromatic N) is 4. The first-order valence-corrected chi connectivity index (χ1v) is 5.68. The number of aromatic nitrogens is 5. The van der Waals surface area contributed by atoms with Crippen LogP contribution >= 0.6 is 0 Å². The van der Waals surface area contributed by atoms with Crippen molar-refractivity contribution in [2.75, 3.05) is 0 Å². The third kappa shape index (κ3) is 2.70. The van der Waals surface area contributed by atoms with Crippen LogP contribution in [0.15, 0.2) is 10.6 Å². The predicted octanol–water partition coefficient (Wildman–Crippen LogP) is 0.767. The summed E-state index contributed by atoms with van der Waals surface area (Å²) >= 11 is 0. The molecule has 0 bridgehead atoms. The zero-order valence-electron chi connectivity index (χ0n) is 10.2. The largest absolute Gasteiger partial charge is 0.361 e. The zero-order valence-corrected chi connectivity index (χ0v) is 10.2. The minimum absolute atomic E-state index is 0.247. The van der Waals surface area contributed by atoms with Crippen molar-refractivity contribution in [2.24, 2.45) is 0 Å². The van der Waals surface area contributed by atoms with Crippen LogP contribution in [0.3, 0.4) is 0 Å². The summed E-state index contributed by atoms with van der Waals surface area (Å²) in [5.41, 5.74) is 0.247. The summed E-state index contributed by atoms with van der Waals surface area (Å²) in [6.07, 6.45) is 1.61. The van der Waals surface area contributed by atoms with Crippen molar-refractivity contribution in [3.05, 3.63) is 23.3 Å². The first-order valence-electron chi connectivity index (χ1n) is 5.68. The first kappa shape index (κ1) is 12.2. The molecule has 0 aromatic carbocycles. The van der Waals surface area contributed by atoms with Gasteiger partial charge >= 0.3 is 0 Å². The number of tetrazole rings is 1. The van der Waals surface area contributed by atoms with Gasteiger partial charge in [0, 0.05) is 6.07 Å². The Morgan fingerprint density at radius 3 is 3.00 bits per heavy atom. The van der Waals surface area contributed by atoms with Crippen LogP contribution < -0.4 is 5.32 Å². The molecule has 0 spiro atoms. The molecule has 1 atom stereocenters. The summed E-state index contributed by atoms with van der Waals surface area (Å²) < 4.78 is 4.86. The summed E-state index contributed by atoms with van der Waals surface area (Å²) in [6, 6.07) is 1.30. The van der Waals surface area contributed by atoms with E-state index in [2.05, 4.69) is 31.1 Å². The highest BCUT2D eigenvalue weighted by atomic mass is 16.5. The maximum absolute atomic E-state index is 11.9. The average molecular weight is 250 g/mol. The second kappa shape index (κ2) is 5.39. The summed E-state index contributed by atoms with van der Waals surface area (Å²) in [6.45, 7) is 3.74. The van der Waals surface area contributed by atoms with Crippen molar-refractivity contribution in [3.63, 3.8) is 0 Å². The van der Waals surface area contributed by atoms with E-state index in [1.807, 2.05) is 6.92 Å². The number of aryl methyl sites for hydroxylation is 1. The van der Waals surface area contributed by atoms with Gasteiger partial charge in [-0.15, -0.1) is 10.2 Å². The van der Waals surface area contributed by atoms with Gasteiger partial charge in [-0.2, -0.15) is 5.21 Å². The van der Waals surface area contributed by atoms with Crippen LogP contribution in [0.25, 0.3) is 0 Å². The van der Waals surface area contributed by atoms with E-state index in [9.17, 15) is 4.79 Å². The van der Waals surface area contributed by atoms with Crippen LogP contribution in [-0.4, -0.2) is 31.7 Å². The Hall–Kier alpha value is -2.25. The SMILES string of the molecule is CCC[C@H](NC(=O)c1cc(C)on1)c1nn[nH]n1. The van der Waals surface area contributed by atoms with Crippen LogP contribution in [0, 0.1) is 6.92 Å². The smallest absolute Gasteiger partial charge is 0.274 e. The Bertz CT molecular complexity index is 506. The van der Waals surface area contributed by atoms with Gasteiger partial charge in [-0.05, 0) is 13.3 Å². The standard InChI is InChI=1S/C10H14N6O2/c1-3-4-7(9-12-15-16-13-9)11-10(17)8-5-6(2)18-14-8/h5,7H,3-4H2,1-2H3,(H,11,17)(H,12,13,15,16)/t7-/m0/s1. The molecule has 0 unspecified atom stereocenters. The molecule has 0 saturated carbocycles. The van der Waals surface area contributed by atoms with Gasteiger partial charge in [-0.25, -0.2) is 0 Å². The summed E-state index contributed by atoms with van der Waals surface area (Å²) in [5, 5.41) is 20.1. The monoisotopic (exact) mass is 250 g/mol. The molecule has 2 heterocycles. The maximum atomic E-state index is 11.9. The van der Waals surface area contributed by atoms with Crippen LogP contribution in [0.4, 0.5) is 0 Å². The van der Waals surface area contributed by atoms with Gasteiger partial charge in [0.2, 0.25) is 0 Å². The van der Waals surface area contributed by atoms with Crippen molar-refractivity contribution in [1.82, 2.24) is 31.1 Å². The number of nitrogens with one attached hydrogen (secondary N) is 2. The zero-order chi connectivity index (χ0) is 13.0. The molecule has 0 aliphatic rings. The topological polar surface area (TPSA) is 110 Å². The van der Waals surface area contributed by atoms with Crippen molar-refractivity contribution >= 4 is 5.91 Å². The normalized spacial score (nSPS) is 12.3. The fraction of sp³-hybridized carbons (Fsp3) is 0.500. The fourth-order valence-corrected chi connectivity index (χ4v) is 1.58. The van der Waals surface area contributed by atoms with Crippen molar-refractivity contribution < 1.29 is 9.32 Å². The molecule has 2 N–H and O–H groups in total. The molecule has 0 fully saturated rings. The summed E-state index contributed by atoms with van der Waals surface area (Å²) in [7, 11) is 0. The summed E-state index contributed by atoms with van der Waals surface area (Å²) in [4.78, 5) is 11.9. The molecule has 2 rings (SSSR count). The van der Waals surface area contributed by atoms with Crippen LogP contribution in [-0.2, 0) is 0 Å². The maximum Gasteiger partial charge on any atom is 0.274 e. The van der Waals surface area contributed by atoms with E-state index in [4.69, 9.17) is 4.52 Å². The van der Waals surface area contributed by atoms with Crippen LogP contribution in [0.5, 0.6) is 0 Å². The quantitative estimate of drug-likeness (QED) is 0.811. The second-order valence-corrected chi connectivity index (χ2v) is 3.91. The number of H-pyrrole nitrogens is 1. The molecular formula is C10H14N6O2. The van der Waals surface area contributed by atoms with Gasteiger partial charge in [0.15, 0.2) is 11.5 Å². The number of rotatable bonds is 5. The van der Waals surface area contributed by atoms with Gasteiger partial charge in [0.1, 0.15) is 5.76 Å². The van der Waals surface area contributed by atoms with E-state index in [1.54, 1.807) is 13.0 Å². The number of carbonyl (C=O) groups excluding carboxylic acids is 1. The van der Waals surface area contributed by atoms with E-state index in [0.29, 0.717) is 11.6 Å². The van der Waals surface area contributed by atoms with E-state index in [1.165, 1.54) is 0 Å². The van der Waals surface area contributed by atoms with E-state index >= 15 is 0 Å². The molecule has 8 heteroatoms. The van der Waals surface area contributed by atoms with E-state index in [0.717, 1.165) is 12.8 Å². The van der Waals surface area contributed by atoms with Gasteiger partial charge in [0.25, 0.3) is 5.91 Å². The number of hydrogen-bond acceptors (Lipinski definition) is 6. The first-order chi connectivity index (χ1) is 8.70. The lowest BCUT2D eigenvalue weighted by atomic mass is 10.1. The molecule has 0 aliphatic carbocycles. The Morgan fingerprint density at radius 1 is 1.61 bits per heavy atom. The third-order valence-electron chi connectivity index (χ3n) is 2.42. The molecule has 18 heavy (non-hydrogen) atoms. The van der Waals surface area contributed by atoms with E-state index in [-0.39, 0.29) is 17.6 Å². The molecule has 2 aromatic rings. The number of aromatic amines is 1. The Labute approximate surface area is 103 Å². The number of hydrogen-bond donors (Lipinski definition) is 2. The van der Waals surface area contributed by atoms with Gasteiger partial charge in [0.05, 0.1) is 6.04 Å². The third-order valence-corrected chi connectivity index (χ3v) is 2.42. The molecule has 0 aliphatic heterocycles. The molecule has 2 aromatic heterocycles. The Kier molecular flexibility index (Phi) is 3.66. The highest BCUT2D eigenvalue weighted by molar-refractivity contribution is 5.92. The highest BCUT2D eigenvalue weighted by Crippen LogP contribution is 2.14. The second-order valence-electron chi connectivity index (χ2n) is 3.91. The van der Waals surface area contributed by atoms with Gasteiger partial charge in [-0.1, -0.05) is 23.7 Å². The minimum atomic E-state index is -0.310. The lowest BCUT2D eigenvalue weighted by Crippen LogP contribution is -2.29. The molecule has 1 amide bonds. The predicted molar refractivity (Wildman–Crippen MR) is 60.5 cm³/mol. The summed E-state index contributed by atoms with van der Waals surface area (Å²) in [5.74, 6) is 0.743. The molecule has 8 nitrogen and oxygen atoms in total. The van der Waals surface area contributed by atoms with Crippen molar-refractivity contribution in [3.8, 4) is 0 Å². The van der Waals surface area contributed by atoms with Crippen molar-refractivity contribution in [1.29, 1.82) is 0 Å². The van der Waals surface area contributed by atoms with E-state index < -0.39 is 0 Å². The van der Waals surface area contributed by atoms with Crippen molar-refractivity contribution in [2.45, 2.75) is 32.7 Å². The fourth-order valence-electron chi connectivity index (χ4n) is 1.58. The van der Waals surface area contributed by atoms with Gasteiger partial charge in [-0.3, -0.25) is 4.79 Å².